The summed E-state index contributed by atoms with van der Waals surface area (Å²) in [6, 6.07) is 10.4. The Hall–Kier alpha value is -1.53. The van der Waals surface area contributed by atoms with Crippen LogP contribution in [0.4, 0.5) is 8.78 Å². The van der Waals surface area contributed by atoms with Crippen LogP contribution in [0.5, 0.6) is 5.75 Å². The number of nitrogens with one attached hydrogen (secondary N) is 1. The van der Waals surface area contributed by atoms with Crippen LogP contribution < -0.4 is 5.32 Å². The summed E-state index contributed by atoms with van der Waals surface area (Å²) < 4.78 is 29.5. The average Bonchev–Trinajstić information content (AvgIpc) is 2.87. The van der Waals surface area contributed by atoms with Crippen molar-refractivity contribution in [2.75, 3.05) is 0 Å². The van der Waals surface area contributed by atoms with Gasteiger partial charge in [0.1, 0.15) is 17.3 Å². The van der Waals surface area contributed by atoms with Crippen LogP contribution >= 0.6 is 11.8 Å². The zero-order valence-electron chi connectivity index (χ0n) is 10.7. The summed E-state index contributed by atoms with van der Waals surface area (Å²) in [7, 11) is 0. The highest BCUT2D eigenvalue weighted by Crippen LogP contribution is 2.21. The van der Waals surface area contributed by atoms with Crippen LogP contribution in [0.25, 0.3) is 0 Å². The van der Waals surface area contributed by atoms with Crippen molar-refractivity contribution in [2.45, 2.75) is 24.6 Å². The van der Waals surface area contributed by atoms with Crippen molar-refractivity contribution in [2.24, 2.45) is 0 Å². The van der Waals surface area contributed by atoms with Crippen LogP contribution in [-0.4, -0.2) is 10.9 Å². The van der Waals surface area contributed by atoms with Crippen LogP contribution in [0.15, 0.2) is 40.8 Å². The quantitative estimate of drug-likeness (QED) is 0.817. The number of thioether (sulfide) groups is 1. The predicted molar refractivity (Wildman–Crippen MR) is 74.7 cm³/mol. The Bertz CT molecular complexity index is 528. The lowest BCUT2D eigenvalue weighted by Crippen LogP contribution is -2.11. The number of halogens is 2. The van der Waals surface area contributed by atoms with Crippen molar-refractivity contribution in [1.29, 1.82) is 0 Å². The average molecular weight is 299 g/mol. The third kappa shape index (κ3) is 4.86. The van der Waals surface area contributed by atoms with Gasteiger partial charge in [0.15, 0.2) is 0 Å². The van der Waals surface area contributed by atoms with Crippen molar-refractivity contribution in [3.05, 3.63) is 53.5 Å². The third-order valence-corrected chi connectivity index (χ3v) is 3.34. The van der Waals surface area contributed by atoms with E-state index in [9.17, 15) is 8.78 Å². The Balaban J connectivity index is 1.75. The van der Waals surface area contributed by atoms with Gasteiger partial charge in [0.05, 0.1) is 12.3 Å². The fourth-order valence-corrected chi connectivity index (χ4v) is 2.13. The molecule has 0 aliphatic heterocycles. The Morgan fingerprint density at radius 1 is 1.05 bits per heavy atom. The highest BCUT2D eigenvalue weighted by molar-refractivity contribution is 7.98. The summed E-state index contributed by atoms with van der Waals surface area (Å²) in [6.07, 6.45) is 0. The molecule has 0 aliphatic rings. The Morgan fingerprint density at radius 3 is 2.45 bits per heavy atom. The lowest BCUT2D eigenvalue weighted by Gasteiger charge is -2.03. The van der Waals surface area contributed by atoms with E-state index in [2.05, 4.69) is 5.32 Å². The minimum absolute atomic E-state index is 0.176. The maximum atomic E-state index is 12.0. The molecular formula is C14H15F2NO2S. The standard InChI is InChI=1S/C14H15F2NO2S/c15-14(16)20-9-13-6-5-12(19-13)8-17-7-10-1-3-11(18)4-2-10/h1-6,14,17-18H,7-9H2. The van der Waals surface area contributed by atoms with Crippen molar-refractivity contribution >= 4 is 11.8 Å². The molecule has 3 nitrogen and oxygen atoms in total. The summed E-state index contributed by atoms with van der Waals surface area (Å²) in [4.78, 5) is 0. The number of hydrogen-bond donors (Lipinski definition) is 2. The molecule has 1 heterocycles. The van der Waals surface area contributed by atoms with Crippen LogP contribution in [-0.2, 0) is 18.8 Å². The highest BCUT2D eigenvalue weighted by Gasteiger charge is 2.07. The van der Waals surface area contributed by atoms with Gasteiger partial charge in [-0.15, -0.1) is 0 Å². The molecule has 0 atom stereocenters. The molecule has 0 spiro atoms. The van der Waals surface area contributed by atoms with Crippen molar-refractivity contribution in [3.8, 4) is 5.75 Å². The topological polar surface area (TPSA) is 45.4 Å². The van der Waals surface area contributed by atoms with Crippen LogP contribution in [0, 0.1) is 0 Å². The van der Waals surface area contributed by atoms with Gasteiger partial charge in [-0.2, -0.15) is 8.78 Å². The SMILES string of the molecule is Oc1ccc(CNCc2ccc(CSC(F)F)o2)cc1. The molecule has 0 aliphatic carbocycles. The molecule has 0 radical (unpaired) electrons. The second-order valence-electron chi connectivity index (χ2n) is 4.21. The van der Waals surface area contributed by atoms with Gasteiger partial charge in [0.25, 0.3) is 5.76 Å². The first-order valence-electron chi connectivity index (χ1n) is 6.09. The highest BCUT2D eigenvalue weighted by atomic mass is 32.2. The van der Waals surface area contributed by atoms with Crippen LogP contribution in [0.2, 0.25) is 0 Å². The van der Waals surface area contributed by atoms with E-state index in [-0.39, 0.29) is 11.5 Å². The van der Waals surface area contributed by atoms with E-state index >= 15 is 0 Å². The zero-order valence-corrected chi connectivity index (χ0v) is 11.5. The second kappa shape index (κ2) is 7.31. The first-order valence-corrected chi connectivity index (χ1v) is 7.14. The van der Waals surface area contributed by atoms with Crippen molar-refractivity contribution in [1.82, 2.24) is 5.32 Å². The van der Waals surface area contributed by atoms with E-state index in [0.717, 1.165) is 5.56 Å². The van der Waals surface area contributed by atoms with Gasteiger partial charge in [-0.05, 0) is 29.8 Å². The zero-order chi connectivity index (χ0) is 14.4. The molecule has 0 amide bonds. The van der Waals surface area contributed by atoms with E-state index in [1.54, 1.807) is 24.3 Å². The van der Waals surface area contributed by atoms with Gasteiger partial charge in [0.2, 0.25) is 0 Å². The van der Waals surface area contributed by atoms with E-state index in [4.69, 9.17) is 9.52 Å². The van der Waals surface area contributed by atoms with Gasteiger partial charge in [-0.25, -0.2) is 0 Å². The minimum atomic E-state index is -2.38. The minimum Gasteiger partial charge on any atom is -0.508 e. The number of phenolic OH excluding ortho intramolecular Hbond substituents is 1. The number of hydrogen-bond acceptors (Lipinski definition) is 4. The lowest BCUT2D eigenvalue weighted by molar-refractivity contribution is 0.251. The third-order valence-electron chi connectivity index (χ3n) is 2.63. The number of aromatic hydroxyl groups is 1. The molecule has 0 saturated carbocycles. The van der Waals surface area contributed by atoms with Gasteiger partial charge < -0.3 is 14.8 Å². The van der Waals surface area contributed by atoms with Crippen molar-refractivity contribution in [3.63, 3.8) is 0 Å². The maximum Gasteiger partial charge on any atom is 0.284 e. The molecule has 2 aromatic rings. The molecule has 6 heteroatoms. The molecule has 2 rings (SSSR count). The molecule has 0 unspecified atom stereocenters. The molecule has 0 saturated heterocycles. The predicted octanol–water partition coefficient (Wildman–Crippen LogP) is 3.73. The normalized spacial score (nSPS) is 11.2. The second-order valence-corrected chi connectivity index (χ2v) is 5.19. The molecule has 1 aromatic carbocycles. The molecule has 0 fully saturated rings. The number of alkyl halides is 2. The monoisotopic (exact) mass is 299 g/mol. The summed E-state index contributed by atoms with van der Waals surface area (Å²) in [5.41, 5.74) is 1.04. The molecule has 1 aromatic heterocycles. The van der Waals surface area contributed by atoms with Crippen LogP contribution in [0.1, 0.15) is 17.1 Å². The Labute approximate surface area is 120 Å². The molecule has 2 N–H and O–H groups in total. The van der Waals surface area contributed by atoms with E-state index < -0.39 is 5.76 Å². The maximum absolute atomic E-state index is 12.0. The molecule has 108 valence electrons. The van der Waals surface area contributed by atoms with Gasteiger partial charge in [-0.1, -0.05) is 23.9 Å². The van der Waals surface area contributed by atoms with Gasteiger partial charge in [0, 0.05) is 6.54 Å². The Morgan fingerprint density at radius 2 is 1.75 bits per heavy atom. The first-order chi connectivity index (χ1) is 9.63. The van der Waals surface area contributed by atoms with Gasteiger partial charge >= 0.3 is 0 Å². The van der Waals surface area contributed by atoms with Crippen LogP contribution in [0.3, 0.4) is 0 Å². The molecule has 20 heavy (non-hydrogen) atoms. The van der Waals surface area contributed by atoms with Gasteiger partial charge in [-0.3, -0.25) is 0 Å². The first kappa shape index (κ1) is 14.9. The number of rotatable bonds is 7. The number of furan rings is 1. The number of phenols is 1. The lowest BCUT2D eigenvalue weighted by atomic mass is 10.2. The smallest absolute Gasteiger partial charge is 0.284 e. The summed E-state index contributed by atoms with van der Waals surface area (Å²) in [6.45, 7) is 1.17. The summed E-state index contributed by atoms with van der Waals surface area (Å²) >= 11 is 0.549. The Kier molecular flexibility index (Phi) is 5.43. The van der Waals surface area contributed by atoms with E-state index in [1.807, 2.05) is 12.1 Å². The molecule has 0 bridgehead atoms. The van der Waals surface area contributed by atoms with E-state index in [0.29, 0.717) is 36.4 Å². The summed E-state index contributed by atoms with van der Waals surface area (Å²) in [5, 5.41) is 12.3. The largest absolute Gasteiger partial charge is 0.508 e. The van der Waals surface area contributed by atoms with E-state index in [1.165, 1.54) is 0 Å². The summed E-state index contributed by atoms with van der Waals surface area (Å²) in [5.74, 6) is -0.696. The van der Waals surface area contributed by atoms with Crippen molar-refractivity contribution < 1.29 is 18.3 Å². The fraction of sp³-hybridized carbons (Fsp3) is 0.286. The fourth-order valence-electron chi connectivity index (χ4n) is 1.68. The number of benzene rings is 1. The molecular weight excluding hydrogens is 284 g/mol.